The van der Waals surface area contributed by atoms with Gasteiger partial charge in [0.05, 0.1) is 0 Å². The van der Waals surface area contributed by atoms with E-state index in [1.807, 2.05) is 20.8 Å². The summed E-state index contributed by atoms with van der Waals surface area (Å²) < 4.78 is 12.7. The Kier molecular flexibility index (Phi) is 4.90. The van der Waals surface area contributed by atoms with Crippen LogP contribution in [0.25, 0.3) is 0 Å². The van der Waals surface area contributed by atoms with Gasteiger partial charge in [0, 0.05) is 18.7 Å². The predicted octanol–water partition coefficient (Wildman–Crippen LogP) is 2.49. The average Bonchev–Trinajstić information content (AvgIpc) is 2.28. The van der Waals surface area contributed by atoms with Gasteiger partial charge < -0.3 is 10.4 Å². The zero-order valence-electron chi connectivity index (χ0n) is 10.1. The summed E-state index contributed by atoms with van der Waals surface area (Å²) in [6, 6.07) is 6.88. The number of hydrogen-bond acceptors (Lipinski definition) is 2. The van der Waals surface area contributed by atoms with Gasteiger partial charge in [0.25, 0.3) is 0 Å². The van der Waals surface area contributed by atoms with Crippen LogP contribution in [0.3, 0.4) is 0 Å². The second-order valence-corrected chi connectivity index (χ2v) is 4.39. The van der Waals surface area contributed by atoms with Crippen molar-refractivity contribution in [2.75, 3.05) is 6.61 Å². The minimum Gasteiger partial charge on any atom is -0.396 e. The molecule has 0 radical (unpaired) electrons. The molecular weight excluding hydrogens is 205 g/mol. The van der Waals surface area contributed by atoms with Crippen molar-refractivity contribution in [3.8, 4) is 0 Å². The molecule has 1 aromatic carbocycles. The van der Waals surface area contributed by atoms with Gasteiger partial charge in [-0.05, 0) is 37.5 Å². The third-order valence-corrected chi connectivity index (χ3v) is 3.02. The molecule has 0 fully saturated rings. The van der Waals surface area contributed by atoms with Gasteiger partial charge in [0.15, 0.2) is 0 Å². The molecule has 2 nitrogen and oxygen atoms in total. The van der Waals surface area contributed by atoms with E-state index in [0.717, 1.165) is 5.56 Å². The summed E-state index contributed by atoms with van der Waals surface area (Å²) in [5.41, 5.74) is 1.05. The molecule has 3 atom stereocenters. The van der Waals surface area contributed by atoms with E-state index in [4.69, 9.17) is 5.11 Å². The molecule has 0 spiro atoms. The van der Waals surface area contributed by atoms with E-state index in [-0.39, 0.29) is 30.4 Å². The lowest BCUT2D eigenvalue weighted by molar-refractivity contribution is 0.202. The normalized spacial score (nSPS) is 16.8. The second-order valence-electron chi connectivity index (χ2n) is 4.39. The van der Waals surface area contributed by atoms with E-state index >= 15 is 0 Å². The first kappa shape index (κ1) is 13.1. The molecule has 1 aromatic rings. The largest absolute Gasteiger partial charge is 0.396 e. The Labute approximate surface area is 96.5 Å². The highest BCUT2D eigenvalue weighted by Crippen LogP contribution is 2.15. The molecule has 16 heavy (non-hydrogen) atoms. The van der Waals surface area contributed by atoms with Crippen LogP contribution in [0.15, 0.2) is 24.3 Å². The van der Waals surface area contributed by atoms with Crippen molar-refractivity contribution in [1.29, 1.82) is 0 Å². The molecule has 0 bridgehead atoms. The number of benzene rings is 1. The zero-order chi connectivity index (χ0) is 12.1. The molecule has 0 saturated carbocycles. The van der Waals surface area contributed by atoms with Crippen LogP contribution in [0, 0.1) is 11.7 Å². The van der Waals surface area contributed by atoms with E-state index in [0.29, 0.717) is 0 Å². The summed E-state index contributed by atoms with van der Waals surface area (Å²) in [6.07, 6.45) is 0. The molecule has 90 valence electrons. The van der Waals surface area contributed by atoms with Crippen molar-refractivity contribution in [2.45, 2.75) is 32.9 Å². The van der Waals surface area contributed by atoms with Gasteiger partial charge in [0.2, 0.25) is 0 Å². The number of nitrogens with one attached hydrogen (secondary N) is 1. The second kappa shape index (κ2) is 5.97. The fourth-order valence-corrected chi connectivity index (χ4v) is 1.56. The molecule has 0 aliphatic rings. The van der Waals surface area contributed by atoms with Crippen LogP contribution in [-0.4, -0.2) is 17.8 Å². The summed E-state index contributed by atoms with van der Waals surface area (Å²) in [5.74, 6) is -0.00405. The smallest absolute Gasteiger partial charge is 0.123 e. The molecule has 2 N–H and O–H groups in total. The maximum atomic E-state index is 12.7. The van der Waals surface area contributed by atoms with Crippen molar-refractivity contribution < 1.29 is 9.50 Å². The molecule has 0 aliphatic carbocycles. The molecule has 0 heterocycles. The van der Waals surface area contributed by atoms with Gasteiger partial charge in [-0.25, -0.2) is 4.39 Å². The van der Waals surface area contributed by atoms with Crippen LogP contribution in [0.2, 0.25) is 0 Å². The molecule has 0 saturated heterocycles. The lowest BCUT2D eigenvalue weighted by Gasteiger charge is -2.24. The summed E-state index contributed by atoms with van der Waals surface area (Å²) in [4.78, 5) is 0. The summed E-state index contributed by atoms with van der Waals surface area (Å²) in [5, 5.41) is 12.4. The van der Waals surface area contributed by atoms with Crippen molar-refractivity contribution in [1.82, 2.24) is 5.32 Å². The molecule has 3 unspecified atom stereocenters. The number of hydrogen-bond donors (Lipinski definition) is 2. The Bertz CT molecular complexity index is 312. The fraction of sp³-hybridized carbons (Fsp3) is 0.538. The Balaban J connectivity index is 2.58. The van der Waals surface area contributed by atoms with Gasteiger partial charge in [-0.1, -0.05) is 19.1 Å². The third-order valence-electron chi connectivity index (χ3n) is 3.02. The Morgan fingerprint density at radius 2 is 1.75 bits per heavy atom. The van der Waals surface area contributed by atoms with Crippen molar-refractivity contribution in [3.05, 3.63) is 35.6 Å². The Morgan fingerprint density at radius 3 is 2.25 bits per heavy atom. The molecule has 1 rings (SSSR count). The van der Waals surface area contributed by atoms with E-state index in [2.05, 4.69) is 5.32 Å². The zero-order valence-corrected chi connectivity index (χ0v) is 10.1. The van der Waals surface area contributed by atoms with Gasteiger partial charge in [-0.15, -0.1) is 0 Å². The number of rotatable bonds is 5. The monoisotopic (exact) mass is 225 g/mol. The van der Waals surface area contributed by atoms with Crippen LogP contribution < -0.4 is 5.32 Å². The van der Waals surface area contributed by atoms with Crippen LogP contribution in [0.1, 0.15) is 32.4 Å². The van der Waals surface area contributed by atoms with Crippen molar-refractivity contribution >= 4 is 0 Å². The van der Waals surface area contributed by atoms with Gasteiger partial charge >= 0.3 is 0 Å². The first-order valence-corrected chi connectivity index (χ1v) is 5.67. The van der Waals surface area contributed by atoms with Gasteiger partial charge in [0.1, 0.15) is 5.82 Å². The fourth-order valence-electron chi connectivity index (χ4n) is 1.56. The highest BCUT2D eigenvalue weighted by Gasteiger charge is 2.14. The topological polar surface area (TPSA) is 32.3 Å². The van der Waals surface area contributed by atoms with Crippen LogP contribution in [0.5, 0.6) is 0 Å². The van der Waals surface area contributed by atoms with E-state index in [1.165, 1.54) is 12.1 Å². The molecule has 0 amide bonds. The highest BCUT2D eigenvalue weighted by atomic mass is 19.1. The maximum Gasteiger partial charge on any atom is 0.123 e. The average molecular weight is 225 g/mol. The first-order chi connectivity index (χ1) is 7.54. The maximum absolute atomic E-state index is 12.7. The molecular formula is C13H20FNO. The van der Waals surface area contributed by atoms with Crippen LogP contribution >= 0.6 is 0 Å². The van der Waals surface area contributed by atoms with E-state index in [1.54, 1.807) is 12.1 Å². The minimum atomic E-state index is -0.215. The van der Waals surface area contributed by atoms with Crippen LogP contribution in [-0.2, 0) is 0 Å². The Morgan fingerprint density at radius 1 is 1.19 bits per heavy atom. The summed E-state index contributed by atoms with van der Waals surface area (Å²) in [6.45, 7) is 6.24. The van der Waals surface area contributed by atoms with E-state index < -0.39 is 0 Å². The van der Waals surface area contributed by atoms with Gasteiger partial charge in [-0.2, -0.15) is 0 Å². The molecule has 0 aromatic heterocycles. The van der Waals surface area contributed by atoms with Crippen molar-refractivity contribution in [2.24, 2.45) is 5.92 Å². The molecule has 0 aliphatic heterocycles. The van der Waals surface area contributed by atoms with Gasteiger partial charge in [-0.3, -0.25) is 0 Å². The number of halogens is 1. The standard InChI is InChI=1S/C13H20FNO/c1-9(8-16)10(2)15-11(3)12-4-6-13(14)7-5-12/h4-7,9-11,15-16H,8H2,1-3H3. The first-order valence-electron chi connectivity index (χ1n) is 5.67. The lowest BCUT2D eigenvalue weighted by Crippen LogP contribution is -2.35. The molecule has 3 heteroatoms. The number of aliphatic hydroxyl groups excluding tert-OH is 1. The lowest BCUT2D eigenvalue weighted by atomic mass is 10.0. The van der Waals surface area contributed by atoms with Crippen molar-refractivity contribution in [3.63, 3.8) is 0 Å². The highest BCUT2D eigenvalue weighted by molar-refractivity contribution is 5.19. The quantitative estimate of drug-likeness (QED) is 0.807. The summed E-state index contributed by atoms with van der Waals surface area (Å²) >= 11 is 0. The van der Waals surface area contributed by atoms with Crippen LogP contribution in [0.4, 0.5) is 4.39 Å². The third kappa shape index (κ3) is 3.58. The SMILES string of the molecule is CC(NC(C)C(C)CO)c1ccc(F)cc1. The predicted molar refractivity (Wildman–Crippen MR) is 63.7 cm³/mol. The Hall–Kier alpha value is -0.930. The minimum absolute atomic E-state index is 0.157. The number of aliphatic hydroxyl groups is 1. The summed E-state index contributed by atoms with van der Waals surface area (Å²) in [7, 11) is 0. The van der Waals surface area contributed by atoms with E-state index in [9.17, 15) is 4.39 Å².